The molecule has 0 bridgehead atoms. The minimum absolute atomic E-state index is 0.0867. The third-order valence-corrected chi connectivity index (χ3v) is 5.61. The SMILES string of the molecule is C=CCn1c(COc2cc(C)ccc2C)nnc1SCC(=O)Nc1cc(C)cc(C)c1. The molecule has 1 amide bonds. The Kier molecular flexibility index (Phi) is 7.52. The molecule has 0 atom stereocenters. The predicted octanol–water partition coefficient (Wildman–Crippen LogP) is 5.01. The van der Waals surface area contributed by atoms with Gasteiger partial charge in [-0.1, -0.05) is 36.0 Å². The van der Waals surface area contributed by atoms with Crippen LogP contribution in [0.4, 0.5) is 5.69 Å². The standard InChI is InChI=1S/C24H28N4O2S/c1-6-9-28-22(14-30-21-13-16(2)7-8-19(21)5)26-27-24(28)31-15-23(29)25-20-11-17(3)10-18(4)12-20/h6-8,10-13H,1,9,14-15H2,2-5H3,(H,25,29). The van der Waals surface area contributed by atoms with E-state index in [1.807, 2.05) is 56.5 Å². The fraction of sp³-hybridized carbons (Fsp3) is 0.292. The number of thioether (sulfide) groups is 1. The molecule has 0 spiro atoms. The molecule has 0 aliphatic carbocycles. The molecule has 2 aromatic carbocycles. The van der Waals surface area contributed by atoms with E-state index in [1.54, 1.807) is 6.08 Å². The third-order valence-electron chi connectivity index (χ3n) is 4.64. The van der Waals surface area contributed by atoms with Gasteiger partial charge in [0.1, 0.15) is 12.4 Å². The lowest BCUT2D eigenvalue weighted by Crippen LogP contribution is -2.15. The first kappa shape index (κ1) is 22.6. The number of aromatic nitrogens is 3. The summed E-state index contributed by atoms with van der Waals surface area (Å²) < 4.78 is 7.91. The highest BCUT2D eigenvalue weighted by molar-refractivity contribution is 7.99. The molecule has 1 heterocycles. The van der Waals surface area contributed by atoms with Gasteiger partial charge in [-0.2, -0.15) is 0 Å². The second-order valence-electron chi connectivity index (χ2n) is 7.57. The number of nitrogens with zero attached hydrogens (tertiary/aromatic N) is 3. The Hall–Kier alpha value is -3.06. The molecule has 3 aromatic rings. The van der Waals surface area contributed by atoms with Crippen LogP contribution in [0.3, 0.4) is 0 Å². The van der Waals surface area contributed by atoms with Gasteiger partial charge in [0, 0.05) is 12.2 Å². The second kappa shape index (κ2) is 10.3. The van der Waals surface area contributed by atoms with Crippen molar-refractivity contribution in [2.75, 3.05) is 11.1 Å². The van der Waals surface area contributed by atoms with E-state index >= 15 is 0 Å². The van der Waals surface area contributed by atoms with Crippen molar-refractivity contribution >= 4 is 23.4 Å². The average molecular weight is 437 g/mol. The zero-order chi connectivity index (χ0) is 22.4. The van der Waals surface area contributed by atoms with Crippen LogP contribution in [0.2, 0.25) is 0 Å². The van der Waals surface area contributed by atoms with Gasteiger partial charge < -0.3 is 10.1 Å². The topological polar surface area (TPSA) is 69.0 Å². The quantitative estimate of drug-likeness (QED) is 0.377. The van der Waals surface area contributed by atoms with Crippen LogP contribution in [0.5, 0.6) is 5.75 Å². The summed E-state index contributed by atoms with van der Waals surface area (Å²) in [5.74, 6) is 1.67. The Morgan fingerprint density at radius 3 is 2.55 bits per heavy atom. The van der Waals surface area contributed by atoms with E-state index in [2.05, 4.69) is 34.2 Å². The first-order valence-corrected chi connectivity index (χ1v) is 11.1. The number of hydrogen-bond donors (Lipinski definition) is 1. The van der Waals surface area contributed by atoms with Crippen LogP contribution in [0.25, 0.3) is 0 Å². The Bertz CT molecular complexity index is 1070. The summed E-state index contributed by atoms with van der Waals surface area (Å²) in [5, 5.41) is 12.1. The van der Waals surface area contributed by atoms with E-state index in [1.165, 1.54) is 11.8 Å². The maximum absolute atomic E-state index is 12.4. The molecule has 0 fully saturated rings. The molecule has 3 rings (SSSR count). The van der Waals surface area contributed by atoms with E-state index in [0.717, 1.165) is 33.7 Å². The number of nitrogens with one attached hydrogen (secondary N) is 1. The zero-order valence-electron chi connectivity index (χ0n) is 18.4. The summed E-state index contributed by atoms with van der Waals surface area (Å²) in [6, 6.07) is 12.1. The van der Waals surface area contributed by atoms with Gasteiger partial charge in [-0.15, -0.1) is 16.8 Å². The Morgan fingerprint density at radius 2 is 1.84 bits per heavy atom. The van der Waals surface area contributed by atoms with E-state index in [9.17, 15) is 4.79 Å². The van der Waals surface area contributed by atoms with Crippen molar-refractivity contribution < 1.29 is 9.53 Å². The predicted molar refractivity (Wildman–Crippen MR) is 126 cm³/mol. The third kappa shape index (κ3) is 6.21. The molecule has 0 saturated heterocycles. The molecular formula is C24H28N4O2S. The molecular weight excluding hydrogens is 408 g/mol. The fourth-order valence-electron chi connectivity index (χ4n) is 3.22. The summed E-state index contributed by atoms with van der Waals surface area (Å²) in [6.07, 6.45) is 1.78. The highest BCUT2D eigenvalue weighted by atomic mass is 32.2. The van der Waals surface area contributed by atoms with Gasteiger partial charge in [-0.05, 0) is 68.1 Å². The number of anilines is 1. The van der Waals surface area contributed by atoms with Crippen LogP contribution in [-0.4, -0.2) is 26.4 Å². The lowest BCUT2D eigenvalue weighted by molar-refractivity contribution is -0.113. The van der Waals surface area contributed by atoms with Crippen molar-refractivity contribution in [3.63, 3.8) is 0 Å². The smallest absolute Gasteiger partial charge is 0.234 e. The number of allylic oxidation sites excluding steroid dienone is 1. The van der Waals surface area contributed by atoms with Crippen molar-refractivity contribution in [1.29, 1.82) is 0 Å². The van der Waals surface area contributed by atoms with Gasteiger partial charge in [-0.3, -0.25) is 9.36 Å². The monoisotopic (exact) mass is 436 g/mol. The molecule has 1 N–H and O–H groups in total. The Labute approximate surface area is 187 Å². The van der Waals surface area contributed by atoms with Crippen molar-refractivity contribution in [2.24, 2.45) is 0 Å². The van der Waals surface area contributed by atoms with Gasteiger partial charge in [-0.25, -0.2) is 0 Å². The Morgan fingerprint density at radius 1 is 1.10 bits per heavy atom. The van der Waals surface area contributed by atoms with Gasteiger partial charge in [0.25, 0.3) is 0 Å². The lowest BCUT2D eigenvalue weighted by Gasteiger charge is -2.11. The summed E-state index contributed by atoms with van der Waals surface area (Å²) in [4.78, 5) is 12.4. The molecule has 0 aliphatic rings. The molecule has 31 heavy (non-hydrogen) atoms. The van der Waals surface area contributed by atoms with Crippen LogP contribution in [0, 0.1) is 27.7 Å². The van der Waals surface area contributed by atoms with Crippen molar-refractivity contribution in [1.82, 2.24) is 14.8 Å². The minimum atomic E-state index is -0.0867. The number of hydrogen-bond acceptors (Lipinski definition) is 5. The van der Waals surface area contributed by atoms with E-state index in [-0.39, 0.29) is 11.7 Å². The van der Waals surface area contributed by atoms with Gasteiger partial charge in [0.2, 0.25) is 5.91 Å². The molecule has 0 radical (unpaired) electrons. The van der Waals surface area contributed by atoms with Crippen LogP contribution >= 0.6 is 11.8 Å². The summed E-state index contributed by atoms with van der Waals surface area (Å²) in [7, 11) is 0. The number of benzene rings is 2. The van der Waals surface area contributed by atoms with Crippen molar-refractivity contribution in [2.45, 2.75) is 46.0 Å². The maximum Gasteiger partial charge on any atom is 0.234 e. The molecule has 0 aliphatic heterocycles. The first-order chi connectivity index (χ1) is 14.9. The molecule has 0 saturated carbocycles. The fourth-order valence-corrected chi connectivity index (χ4v) is 3.99. The highest BCUT2D eigenvalue weighted by Crippen LogP contribution is 2.22. The van der Waals surface area contributed by atoms with Crippen molar-refractivity contribution in [3.05, 3.63) is 77.1 Å². The van der Waals surface area contributed by atoms with Gasteiger partial charge >= 0.3 is 0 Å². The molecule has 6 nitrogen and oxygen atoms in total. The van der Waals surface area contributed by atoms with Crippen molar-refractivity contribution in [3.8, 4) is 5.75 Å². The van der Waals surface area contributed by atoms with Crippen LogP contribution in [0.1, 0.15) is 28.1 Å². The summed E-state index contributed by atoms with van der Waals surface area (Å²) in [5.41, 5.74) is 5.24. The number of rotatable bonds is 9. The minimum Gasteiger partial charge on any atom is -0.485 e. The van der Waals surface area contributed by atoms with E-state index in [0.29, 0.717) is 24.1 Å². The first-order valence-electron chi connectivity index (χ1n) is 10.1. The largest absolute Gasteiger partial charge is 0.485 e. The summed E-state index contributed by atoms with van der Waals surface area (Å²) in [6.45, 7) is 12.7. The Balaban J connectivity index is 1.64. The van der Waals surface area contributed by atoms with E-state index in [4.69, 9.17) is 4.74 Å². The van der Waals surface area contributed by atoms with Crippen LogP contribution in [0.15, 0.2) is 54.2 Å². The normalized spacial score (nSPS) is 10.7. The van der Waals surface area contributed by atoms with Gasteiger partial charge in [0.15, 0.2) is 11.0 Å². The maximum atomic E-state index is 12.4. The van der Waals surface area contributed by atoms with E-state index < -0.39 is 0 Å². The molecule has 1 aromatic heterocycles. The molecule has 0 unspecified atom stereocenters. The number of ether oxygens (including phenoxy) is 1. The van der Waals surface area contributed by atoms with Crippen LogP contribution < -0.4 is 10.1 Å². The number of carbonyl (C=O) groups is 1. The zero-order valence-corrected chi connectivity index (χ0v) is 19.3. The van der Waals surface area contributed by atoms with Gasteiger partial charge in [0.05, 0.1) is 5.75 Å². The second-order valence-corrected chi connectivity index (χ2v) is 8.51. The summed E-state index contributed by atoms with van der Waals surface area (Å²) >= 11 is 1.34. The average Bonchev–Trinajstić information content (AvgIpc) is 3.08. The highest BCUT2D eigenvalue weighted by Gasteiger charge is 2.15. The molecule has 162 valence electrons. The lowest BCUT2D eigenvalue weighted by atomic mass is 10.1. The number of carbonyl (C=O) groups excluding carboxylic acids is 1. The number of amides is 1. The number of aryl methyl sites for hydroxylation is 4. The van der Waals surface area contributed by atoms with Crippen LogP contribution in [-0.2, 0) is 17.9 Å². The molecule has 7 heteroatoms.